The molecule has 0 bridgehead atoms. The number of aromatic nitrogens is 2. The highest BCUT2D eigenvalue weighted by Crippen LogP contribution is 2.18. The van der Waals surface area contributed by atoms with Gasteiger partial charge in [0, 0.05) is 13.1 Å². The molecule has 0 atom stereocenters. The number of hydrogen-bond acceptors (Lipinski definition) is 5. The van der Waals surface area contributed by atoms with E-state index in [1.807, 2.05) is 49.4 Å². The first-order valence-corrected chi connectivity index (χ1v) is 10.6. The van der Waals surface area contributed by atoms with Crippen LogP contribution in [0.15, 0.2) is 58.5 Å². The minimum atomic E-state index is -0.0750. The Bertz CT molecular complexity index is 1030. The number of para-hydroxylation sites is 1. The second-order valence-electron chi connectivity index (χ2n) is 6.61. The fraction of sp³-hybridized carbons (Fsp3) is 0.318. The van der Waals surface area contributed by atoms with Crippen molar-refractivity contribution in [2.75, 3.05) is 19.4 Å². The molecule has 3 aromatic rings. The summed E-state index contributed by atoms with van der Waals surface area (Å²) in [5.41, 5.74) is 1.74. The molecule has 2 aromatic carbocycles. The van der Waals surface area contributed by atoms with Crippen molar-refractivity contribution < 1.29 is 9.53 Å². The van der Waals surface area contributed by atoms with Crippen molar-refractivity contribution in [3.05, 3.63) is 64.4 Å². The first-order valence-electron chi connectivity index (χ1n) is 9.64. The van der Waals surface area contributed by atoms with Crippen LogP contribution in [0.3, 0.4) is 0 Å². The van der Waals surface area contributed by atoms with Crippen molar-refractivity contribution in [1.82, 2.24) is 14.9 Å². The molecular weight excluding hydrogens is 386 g/mol. The molecule has 3 rings (SSSR count). The van der Waals surface area contributed by atoms with Gasteiger partial charge in [-0.2, -0.15) is 0 Å². The molecular formula is C22H25N3O3S. The number of thioether (sulfide) groups is 1. The van der Waals surface area contributed by atoms with E-state index >= 15 is 0 Å². The summed E-state index contributed by atoms with van der Waals surface area (Å²) in [6, 6.07) is 15.1. The van der Waals surface area contributed by atoms with E-state index in [-0.39, 0.29) is 17.2 Å². The lowest BCUT2D eigenvalue weighted by Crippen LogP contribution is -2.28. The number of fused-ring (bicyclic) bond motifs is 1. The summed E-state index contributed by atoms with van der Waals surface area (Å²) in [6.07, 6.45) is 1.57. The lowest BCUT2D eigenvalue weighted by atomic mass is 10.1. The molecule has 1 aromatic heterocycles. The van der Waals surface area contributed by atoms with Gasteiger partial charge >= 0.3 is 0 Å². The van der Waals surface area contributed by atoms with Crippen molar-refractivity contribution in [2.24, 2.45) is 0 Å². The lowest BCUT2D eigenvalue weighted by Gasteiger charge is -2.12. The monoisotopic (exact) mass is 411 g/mol. The molecule has 1 N–H and O–H groups in total. The first kappa shape index (κ1) is 20.9. The third-order valence-electron chi connectivity index (χ3n) is 4.50. The fourth-order valence-electron chi connectivity index (χ4n) is 3.00. The van der Waals surface area contributed by atoms with Crippen molar-refractivity contribution in [3.63, 3.8) is 0 Å². The third kappa shape index (κ3) is 5.38. The van der Waals surface area contributed by atoms with Gasteiger partial charge in [-0.15, -0.1) is 0 Å². The third-order valence-corrected chi connectivity index (χ3v) is 5.48. The van der Waals surface area contributed by atoms with Crippen LogP contribution in [0.5, 0.6) is 5.75 Å². The molecule has 0 saturated carbocycles. The summed E-state index contributed by atoms with van der Waals surface area (Å²) >= 11 is 1.30. The molecule has 0 aliphatic carbocycles. The number of benzene rings is 2. The van der Waals surface area contributed by atoms with E-state index in [1.165, 1.54) is 11.8 Å². The van der Waals surface area contributed by atoms with Gasteiger partial charge < -0.3 is 10.1 Å². The number of methoxy groups -OCH3 is 1. The summed E-state index contributed by atoms with van der Waals surface area (Å²) in [5, 5.41) is 4.12. The molecule has 29 heavy (non-hydrogen) atoms. The highest BCUT2D eigenvalue weighted by atomic mass is 32.2. The Hall–Kier alpha value is -2.80. The molecule has 152 valence electrons. The molecule has 1 amide bonds. The molecule has 1 heterocycles. The van der Waals surface area contributed by atoms with Gasteiger partial charge in [-0.3, -0.25) is 14.2 Å². The van der Waals surface area contributed by atoms with E-state index in [2.05, 4.69) is 10.3 Å². The van der Waals surface area contributed by atoms with E-state index in [0.717, 1.165) is 24.2 Å². The van der Waals surface area contributed by atoms with Crippen LogP contribution in [0.4, 0.5) is 0 Å². The standard InChI is InChI=1S/C22H25N3O3S/c1-3-14-25-21(27)18-6-4-5-7-19(18)24-22(25)29-15-20(26)23-13-12-16-8-10-17(28-2)11-9-16/h4-11H,3,12-15H2,1-2H3,(H,23,26). The first-order chi connectivity index (χ1) is 14.1. The summed E-state index contributed by atoms with van der Waals surface area (Å²) in [4.78, 5) is 29.6. The van der Waals surface area contributed by atoms with Gasteiger partial charge in [-0.1, -0.05) is 43.0 Å². The van der Waals surface area contributed by atoms with Crippen LogP contribution in [0.25, 0.3) is 10.9 Å². The molecule has 0 aliphatic rings. The smallest absolute Gasteiger partial charge is 0.262 e. The molecule has 0 saturated heterocycles. The van der Waals surface area contributed by atoms with Crippen molar-refractivity contribution in [1.29, 1.82) is 0 Å². The Morgan fingerprint density at radius 2 is 1.93 bits per heavy atom. The summed E-state index contributed by atoms with van der Waals surface area (Å²) < 4.78 is 6.81. The number of amides is 1. The molecule has 0 spiro atoms. The Balaban J connectivity index is 1.59. The predicted octanol–water partition coefficient (Wildman–Crippen LogP) is 3.27. The van der Waals surface area contributed by atoms with Gasteiger partial charge in [0.1, 0.15) is 5.75 Å². The summed E-state index contributed by atoms with van der Waals surface area (Å²) in [6.45, 7) is 3.15. The van der Waals surface area contributed by atoms with Crippen LogP contribution in [-0.4, -0.2) is 34.9 Å². The number of nitrogens with one attached hydrogen (secondary N) is 1. The normalized spacial score (nSPS) is 10.8. The molecule has 0 unspecified atom stereocenters. The number of hydrogen-bond donors (Lipinski definition) is 1. The number of rotatable bonds is 9. The lowest BCUT2D eigenvalue weighted by molar-refractivity contribution is -0.118. The SMILES string of the molecule is CCCn1c(SCC(=O)NCCc2ccc(OC)cc2)nc2ccccc2c1=O. The largest absolute Gasteiger partial charge is 0.497 e. The van der Waals surface area contributed by atoms with E-state index < -0.39 is 0 Å². The Morgan fingerprint density at radius 1 is 1.17 bits per heavy atom. The Labute approximate surface area is 174 Å². The van der Waals surface area contributed by atoms with Gasteiger partial charge in [0.25, 0.3) is 5.56 Å². The van der Waals surface area contributed by atoms with Crippen LogP contribution < -0.4 is 15.6 Å². The van der Waals surface area contributed by atoms with Gasteiger partial charge in [-0.25, -0.2) is 4.98 Å². The van der Waals surface area contributed by atoms with Crippen molar-refractivity contribution in [2.45, 2.75) is 31.5 Å². The second kappa shape index (κ2) is 10.1. The molecule has 6 nitrogen and oxygen atoms in total. The zero-order chi connectivity index (χ0) is 20.6. The second-order valence-corrected chi connectivity index (χ2v) is 7.55. The van der Waals surface area contributed by atoms with Gasteiger partial charge in [0.05, 0.1) is 23.8 Å². The Morgan fingerprint density at radius 3 is 2.66 bits per heavy atom. The predicted molar refractivity (Wildman–Crippen MR) is 117 cm³/mol. The minimum Gasteiger partial charge on any atom is -0.497 e. The average Bonchev–Trinajstić information content (AvgIpc) is 2.75. The molecule has 7 heteroatoms. The average molecular weight is 412 g/mol. The van der Waals surface area contributed by atoms with E-state index in [9.17, 15) is 9.59 Å². The molecule has 0 radical (unpaired) electrons. The highest BCUT2D eigenvalue weighted by Gasteiger charge is 2.12. The van der Waals surface area contributed by atoms with Crippen LogP contribution >= 0.6 is 11.8 Å². The zero-order valence-corrected chi connectivity index (χ0v) is 17.5. The minimum absolute atomic E-state index is 0.0557. The maximum atomic E-state index is 12.8. The van der Waals surface area contributed by atoms with E-state index in [4.69, 9.17) is 4.74 Å². The van der Waals surface area contributed by atoms with E-state index in [0.29, 0.717) is 29.1 Å². The maximum absolute atomic E-state index is 12.8. The molecule has 0 fully saturated rings. The quantitative estimate of drug-likeness (QED) is 0.432. The van der Waals surface area contributed by atoms with Crippen molar-refractivity contribution in [3.8, 4) is 5.75 Å². The van der Waals surface area contributed by atoms with Crippen LogP contribution in [0, 0.1) is 0 Å². The number of nitrogens with zero attached hydrogens (tertiary/aromatic N) is 2. The number of carbonyl (C=O) groups excluding carboxylic acids is 1. The van der Waals surface area contributed by atoms with Crippen LogP contribution in [0.1, 0.15) is 18.9 Å². The van der Waals surface area contributed by atoms with Gasteiger partial charge in [0.15, 0.2) is 5.16 Å². The van der Waals surface area contributed by atoms with Crippen LogP contribution in [-0.2, 0) is 17.8 Å². The zero-order valence-electron chi connectivity index (χ0n) is 16.7. The maximum Gasteiger partial charge on any atom is 0.262 e. The molecule has 0 aliphatic heterocycles. The highest BCUT2D eigenvalue weighted by molar-refractivity contribution is 7.99. The fourth-order valence-corrected chi connectivity index (χ4v) is 3.85. The summed E-state index contributed by atoms with van der Waals surface area (Å²) in [5.74, 6) is 0.959. The van der Waals surface area contributed by atoms with E-state index in [1.54, 1.807) is 17.7 Å². The van der Waals surface area contributed by atoms with Gasteiger partial charge in [0.2, 0.25) is 5.91 Å². The number of ether oxygens (including phenoxy) is 1. The Kier molecular flexibility index (Phi) is 7.30. The van der Waals surface area contributed by atoms with Gasteiger partial charge in [-0.05, 0) is 42.7 Å². The summed E-state index contributed by atoms with van der Waals surface area (Å²) in [7, 11) is 1.64. The van der Waals surface area contributed by atoms with Crippen LogP contribution in [0.2, 0.25) is 0 Å². The number of carbonyl (C=O) groups is 1. The van der Waals surface area contributed by atoms with Crippen molar-refractivity contribution >= 4 is 28.6 Å². The topological polar surface area (TPSA) is 73.2 Å².